The second kappa shape index (κ2) is 7.09. The number of carbonyl (C=O) groups excluding carboxylic acids is 1. The minimum atomic E-state index is -1.12. The molecule has 0 atom stereocenters. The van der Waals surface area contributed by atoms with Crippen molar-refractivity contribution in [2.45, 2.75) is 13.8 Å². The molecule has 2 aromatic carbocycles. The fraction of sp³-hybridized carbons (Fsp3) is 0.100. The molecule has 0 saturated heterocycles. The molecule has 4 nitrogen and oxygen atoms in total. The van der Waals surface area contributed by atoms with Crippen molar-refractivity contribution >= 4 is 33.8 Å². The molecule has 0 aliphatic carbocycles. The molecule has 6 heteroatoms. The Bertz CT molecular complexity index is 976. The number of hydrogen-bond acceptors (Lipinski definition) is 4. The number of benzene rings is 2. The van der Waals surface area contributed by atoms with Gasteiger partial charge in [0.1, 0.15) is 10.8 Å². The van der Waals surface area contributed by atoms with Gasteiger partial charge in [-0.15, -0.1) is 11.3 Å². The van der Waals surface area contributed by atoms with Gasteiger partial charge in [0.05, 0.1) is 10.4 Å². The first-order chi connectivity index (χ1) is 12.4. The number of halogens is 1. The molecule has 0 bridgehead atoms. The summed E-state index contributed by atoms with van der Waals surface area (Å²) >= 11 is 1.09. The Balaban J connectivity index is 2.01. The third-order valence-electron chi connectivity index (χ3n) is 3.98. The normalized spacial score (nSPS) is 10.6. The van der Waals surface area contributed by atoms with Crippen LogP contribution in [-0.4, -0.2) is 16.9 Å². The fourth-order valence-electron chi connectivity index (χ4n) is 2.58. The number of aromatic carboxylic acids is 1. The van der Waals surface area contributed by atoms with Crippen LogP contribution in [0.25, 0.3) is 0 Å². The molecule has 0 saturated carbocycles. The molecule has 0 amide bonds. The van der Waals surface area contributed by atoms with Crippen molar-refractivity contribution in [1.29, 1.82) is 0 Å². The maximum atomic E-state index is 13.1. The van der Waals surface area contributed by atoms with E-state index in [2.05, 4.69) is 5.32 Å². The van der Waals surface area contributed by atoms with Crippen molar-refractivity contribution in [3.63, 3.8) is 0 Å². The lowest BCUT2D eigenvalue weighted by Crippen LogP contribution is -2.04. The predicted octanol–water partition coefficient (Wildman–Crippen LogP) is 5.18. The number of anilines is 2. The number of rotatable bonds is 5. The minimum Gasteiger partial charge on any atom is -0.478 e. The van der Waals surface area contributed by atoms with Crippen LogP contribution in [0.15, 0.2) is 48.5 Å². The number of nitrogens with one attached hydrogen (secondary N) is 1. The highest BCUT2D eigenvalue weighted by atomic mass is 32.1. The van der Waals surface area contributed by atoms with Gasteiger partial charge in [0.25, 0.3) is 0 Å². The summed E-state index contributed by atoms with van der Waals surface area (Å²) in [6, 6.07) is 12.7. The summed E-state index contributed by atoms with van der Waals surface area (Å²) in [5.41, 5.74) is 2.55. The van der Waals surface area contributed by atoms with Gasteiger partial charge in [-0.25, -0.2) is 9.18 Å². The minimum absolute atomic E-state index is 0.0507. The molecular weight excluding hydrogens is 353 g/mol. The average molecular weight is 369 g/mol. The largest absolute Gasteiger partial charge is 0.478 e. The van der Waals surface area contributed by atoms with Crippen LogP contribution in [0.2, 0.25) is 0 Å². The lowest BCUT2D eigenvalue weighted by Gasteiger charge is -2.05. The number of thiophene rings is 1. The van der Waals surface area contributed by atoms with E-state index in [4.69, 9.17) is 0 Å². The van der Waals surface area contributed by atoms with Crippen LogP contribution in [0, 0.1) is 19.7 Å². The average Bonchev–Trinajstić information content (AvgIpc) is 2.93. The van der Waals surface area contributed by atoms with Crippen LogP contribution >= 0.6 is 11.3 Å². The number of ketones is 1. The number of carboxylic acids is 1. The van der Waals surface area contributed by atoms with Gasteiger partial charge in [-0.2, -0.15) is 0 Å². The quantitative estimate of drug-likeness (QED) is 0.609. The molecule has 3 aromatic rings. The Hall–Kier alpha value is -2.99. The Morgan fingerprint density at radius 2 is 1.62 bits per heavy atom. The number of hydrogen-bond donors (Lipinski definition) is 2. The summed E-state index contributed by atoms with van der Waals surface area (Å²) in [5, 5.41) is 12.9. The SMILES string of the molecule is Cc1ccc(C(=O)c2sc(Nc3ccc(F)cc3)c(C(=O)O)c2C)cc1. The molecule has 2 N–H and O–H groups in total. The molecule has 26 heavy (non-hydrogen) atoms. The monoisotopic (exact) mass is 369 g/mol. The lowest BCUT2D eigenvalue weighted by atomic mass is 10.0. The zero-order valence-corrected chi connectivity index (χ0v) is 15.0. The predicted molar refractivity (Wildman–Crippen MR) is 100 cm³/mol. The molecule has 0 radical (unpaired) electrons. The van der Waals surface area contributed by atoms with E-state index in [1.54, 1.807) is 19.1 Å². The first-order valence-electron chi connectivity index (χ1n) is 7.87. The zero-order chi connectivity index (χ0) is 18.8. The van der Waals surface area contributed by atoms with E-state index in [9.17, 15) is 19.1 Å². The molecule has 1 heterocycles. The summed E-state index contributed by atoms with van der Waals surface area (Å²) in [6.07, 6.45) is 0. The second-order valence-corrected chi connectivity index (χ2v) is 6.91. The highest BCUT2D eigenvalue weighted by molar-refractivity contribution is 7.18. The molecular formula is C20H16FNO3S. The summed E-state index contributed by atoms with van der Waals surface area (Å²) < 4.78 is 13.1. The van der Waals surface area contributed by atoms with Crippen molar-refractivity contribution in [3.8, 4) is 0 Å². The van der Waals surface area contributed by atoms with Crippen LogP contribution in [0.4, 0.5) is 15.1 Å². The number of aryl methyl sites for hydroxylation is 1. The Morgan fingerprint density at radius 1 is 1.00 bits per heavy atom. The smallest absolute Gasteiger partial charge is 0.339 e. The standard InChI is InChI=1S/C20H16FNO3S/c1-11-3-5-13(6-4-11)17(23)18-12(2)16(20(24)25)19(26-18)22-15-9-7-14(21)8-10-15/h3-10,22H,1-2H3,(H,24,25). The maximum Gasteiger partial charge on any atom is 0.339 e. The van der Waals surface area contributed by atoms with E-state index in [0.717, 1.165) is 16.9 Å². The van der Waals surface area contributed by atoms with Gasteiger partial charge in [-0.3, -0.25) is 4.79 Å². The van der Waals surface area contributed by atoms with Crippen molar-refractivity contribution in [2.24, 2.45) is 0 Å². The van der Waals surface area contributed by atoms with Gasteiger partial charge < -0.3 is 10.4 Å². The van der Waals surface area contributed by atoms with Crippen LogP contribution in [-0.2, 0) is 0 Å². The van der Waals surface area contributed by atoms with Crippen LogP contribution in [0.3, 0.4) is 0 Å². The molecule has 0 aliphatic heterocycles. The third kappa shape index (κ3) is 3.50. The summed E-state index contributed by atoms with van der Waals surface area (Å²) in [5.74, 6) is -1.72. The van der Waals surface area contributed by atoms with Gasteiger partial charge >= 0.3 is 5.97 Å². The van der Waals surface area contributed by atoms with Crippen LogP contribution in [0.5, 0.6) is 0 Å². The van der Waals surface area contributed by atoms with Crippen molar-refractivity contribution < 1.29 is 19.1 Å². The van der Waals surface area contributed by atoms with E-state index in [1.165, 1.54) is 24.3 Å². The van der Waals surface area contributed by atoms with Gasteiger partial charge in [0.15, 0.2) is 0 Å². The van der Waals surface area contributed by atoms with Gasteiger partial charge in [0.2, 0.25) is 5.78 Å². The summed E-state index contributed by atoms with van der Waals surface area (Å²) in [4.78, 5) is 24.9. The van der Waals surface area contributed by atoms with E-state index in [1.807, 2.05) is 19.1 Å². The van der Waals surface area contributed by atoms with Gasteiger partial charge in [-0.05, 0) is 43.7 Å². The number of carboxylic acid groups (broad SMARTS) is 1. The van der Waals surface area contributed by atoms with E-state index >= 15 is 0 Å². The maximum absolute atomic E-state index is 13.1. The molecule has 132 valence electrons. The van der Waals surface area contributed by atoms with E-state index in [0.29, 0.717) is 26.7 Å². The van der Waals surface area contributed by atoms with Gasteiger partial charge in [-0.1, -0.05) is 29.8 Å². The Kier molecular flexibility index (Phi) is 4.86. The van der Waals surface area contributed by atoms with E-state index in [-0.39, 0.29) is 17.2 Å². The third-order valence-corrected chi connectivity index (χ3v) is 5.19. The van der Waals surface area contributed by atoms with Crippen LogP contribution in [0.1, 0.15) is 36.7 Å². The zero-order valence-electron chi connectivity index (χ0n) is 14.2. The van der Waals surface area contributed by atoms with E-state index < -0.39 is 5.97 Å². The molecule has 3 rings (SSSR count). The first kappa shape index (κ1) is 17.8. The highest BCUT2D eigenvalue weighted by Gasteiger charge is 2.25. The molecule has 0 fully saturated rings. The first-order valence-corrected chi connectivity index (χ1v) is 8.69. The molecule has 0 aliphatic rings. The highest BCUT2D eigenvalue weighted by Crippen LogP contribution is 2.36. The fourth-order valence-corrected chi connectivity index (χ4v) is 3.76. The molecule has 1 aromatic heterocycles. The van der Waals surface area contributed by atoms with Crippen molar-refractivity contribution in [3.05, 3.63) is 81.5 Å². The Morgan fingerprint density at radius 3 is 2.19 bits per heavy atom. The topological polar surface area (TPSA) is 66.4 Å². The van der Waals surface area contributed by atoms with Crippen LogP contribution < -0.4 is 5.32 Å². The second-order valence-electron chi connectivity index (χ2n) is 5.89. The molecule has 0 spiro atoms. The lowest BCUT2D eigenvalue weighted by molar-refractivity contribution is 0.0697. The number of carbonyl (C=O) groups is 2. The van der Waals surface area contributed by atoms with Crippen molar-refractivity contribution in [2.75, 3.05) is 5.32 Å². The summed E-state index contributed by atoms with van der Waals surface area (Å²) in [6.45, 7) is 3.55. The van der Waals surface area contributed by atoms with Gasteiger partial charge in [0, 0.05) is 11.3 Å². The Labute approximate surface area is 153 Å². The van der Waals surface area contributed by atoms with Crippen molar-refractivity contribution in [1.82, 2.24) is 0 Å². The summed E-state index contributed by atoms with van der Waals surface area (Å²) in [7, 11) is 0. The molecule has 0 unspecified atom stereocenters.